The van der Waals surface area contributed by atoms with Crippen LogP contribution in [0.1, 0.15) is 6.42 Å². The monoisotopic (exact) mass is 185 g/mol. The highest BCUT2D eigenvalue weighted by atomic mass is 35.7. The predicted octanol–water partition coefficient (Wildman–Crippen LogP) is 2.61. The lowest BCUT2D eigenvalue weighted by Crippen LogP contribution is -1.81. The van der Waals surface area contributed by atoms with E-state index in [2.05, 4.69) is 0 Å². The zero-order valence-electron chi connectivity index (χ0n) is 4.68. The number of nitriles is 1. The van der Waals surface area contributed by atoms with Gasteiger partial charge in [0.2, 0.25) is 0 Å². The summed E-state index contributed by atoms with van der Waals surface area (Å²) in [6.07, 6.45) is 0.433. The smallest absolute Gasteiger partial charge is 0.184 e. The van der Waals surface area contributed by atoms with Crippen LogP contribution in [-0.2, 0) is 4.57 Å². The van der Waals surface area contributed by atoms with Crippen LogP contribution >= 0.6 is 29.3 Å². The molecule has 0 fully saturated rings. The quantitative estimate of drug-likeness (QED) is 0.501. The van der Waals surface area contributed by atoms with Gasteiger partial charge in [-0.25, -0.2) is 0 Å². The highest BCUT2D eigenvalue weighted by molar-refractivity contribution is 7.90. The summed E-state index contributed by atoms with van der Waals surface area (Å²) >= 11 is 10.6. The van der Waals surface area contributed by atoms with Gasteiger partial charge in [-0.2, -0.15) is 5.26 Å². The summed E-state index contributed by atoms with van der Waals surface area (Å²) in [5.74, 6) is 0. The van der Waals surface area contributed by atoms with Crippen molar-refractivity contribution in [2.24, 2.45) is 0 Å². The van der Waals surface area contributed by atoms with Gasteiger partial charge in [-0.1, -0.05) is 11.2 Å². The Morgan fingerprint density at radius 3 is 2.56 bits per heavy atom. The summed E-state index contributed by atoms with van der Waals surface area (Å²) < 4.78 is 10.8. The molecule has 1 unspecified atom stereocenters. The Labute approximate surface area is 63.9 Å². The molecule has 0 heterocycles. The molecular weight excluding hydrogens is 180 g/mol. The first-order chi connectivity index (χ1) is 4.12. The van der Waals surface area contributed by atoms with E-state index in [0.29, 0.717) is 0 Å². The summed E-state index contributed by atoms with van der Waals surface area (Å²) in [7, 11) is 0. The van der Waals surface area contributed by atoms with Gasteiger partial charge in [-0.3, -0.25) is 0 Å². The molecule has 0 aliphatic heterocycles. The maximum absolute atomic E-state index is 10.8. The van der Waals surface area contributed by atoms with E-state index in [-0.39, 0.29) is 18.2 Å². The highest BCUT2D eigenvalue weighted by Crippen LogP contribution is 2.52. The van der Waals surface area contributed by atoms with Gasteiger partial charge >= 0.3 is 0 Å². The van der Waals surface area contributed by atoms with Crippen molar-refractivity contribution in [3.05, 3.63) is 0 Å². The first-order valence-electron chi connectivity index (χ1n) is 2.33. The third-order valence-electron chi connectivity index (χ3n) is 0.736. The average molecular weight is 186 g/mol. The second kappa shape index (κ2) is 4.17. The Morgan fingerprint density at radius 1 is 1.67 bits per heavy atom. The first kappa shape index (κ1) is 9.30. The number of hydrogen-bond donors (Lipinski definition) is 0. The maximum atomic E-state index is 10.8. The van der Waals surface area contributed by atoms with Crippen LogP contribution < -0.4 is 0 Å². The minimum absolute atomic E-state index is 0.0454. The molecule has 0 aromatic heterocycles. The fourth-order valence-electron chi connectivity index (χ4n) is 0.277. The van der Waals surface area contributed by atoms with Crippen molar-refractivity contribution >= 4 is 29.3 Å². The Hall–Kier alpha value is 0.300. The van der Waals surface area contributed by atoms with Crippen molar-refractivity contribution in [3.8, 4) is 6.07 Å². The van der Waals surface area contributed by atoms with E-state index in [9.17, 15) is 4.57 Å². The molecule has 0 spiro atoms. The molecule has 0 radical (unpaired) electrons. The summed E-state index contributed by atoms with van der Waals surface area (Å²) in [5, 5.41) is 8.05. The zero-order valence-corrected chi connectivity index (χ0v) is 7.09. The Morgan fingerprint density at radius 2 is 2.22 bits per heavy atom. The molecule has 0 saturated carbocycles. The number of hydrogen-bond acceptors (Lipinski definition) is 2. The Kier molecular flexibility index (Phi) is 4.31. The van der Waals surface area contributed by atoms with E-state index >= 15 is 0 Å². The molecule has 0 aromatic carbocycles. The van der Waals surface area contributed by atoms with Crippen LogP contribution in [0.4, 0.5) is 0 Å². The van der Waals surface area contributed by atoms with Gasteiger partial charge in [0, 0.05) is 12.6 Å². The van der Waals surface area contributed by atoms with Gasteiger partial charge in [0.05, 0.1) is 11.7 Å². The van der Waals surface area contributed by atoms with Crippen LogP contribution in [0.15, 0.2) is 0 Å². The fraction of sp³-hybridized carbons (Fsp3) is 0.750. The maximum Gasteiger partial charge on any atom is 0.184 e. The van der Waals surface area contributed by atoms with E-state index in [0.717, 1.165) is 0 Å². The van der Waals surface area contributed by atoms with Gasteiger partial charge in [0.15, 0.2) is 6.49 Å². The van der Waals surface area contributed by atoms with E-state index < -0.39 is 6.49 Å². The van der Waals surface area contributed by atoms with Gasteiger partial charge in [0.1, 0.15) is 0 Å². The lowest BCUT2D eigenvalue weighted by Gasteiger charge is -2.00. The molecule has 0 bridgehead atoms. The topological polar surface area (TPSA) is 40.9 Å². The Balaban J connectivity index is 3.63. The summed E-state index contributed by atoms with van der Waals surface area (Å²) in [5.41, 5.74) is -0.0454. The van der Waals surface area contributed by atoms with Crippen LogP contribution in [0.25, 0.3) is 0 Å². The molecule has 0 aromatic rings. The lowest BCUT2D eigenvalue weighted by molar-refractivity contribution is 0.587. The van der Waals surface area contributed by atoms with Gasteiger partial charge in [0.25, 0.3) is 0 Å². The van der Waals surface area contributed by atoms with Crippen molar-refractivity contribution in [1.29, 1.82) is 5.26 Å². The zero-order chi connectivity index (χ0) is 7.33. The molecule has 0 aliphatic carbocycles. The summed E-state index contributed by atoms with van der Waals surface area (Å²) in [6.45, 7) is -2.67. The minimum Gasteiger partial charge on any atom is -0.305 e. The third kappa shape index (κ3) is 4.78. The van der Waals surface area contributed by atoms with Crippen LogP contribution in [0.3, 0.4) is 0 Å². The van der Waals surface area contributed by atoms with Crippen molar-refractivity contribution in [2.45, 2.75) is 6.42 Å². The molecule has 0 saturated heterocycles. The van der Waals surface area contributed by atoms with Crippen molar-refractivity contribution in [2.75, 3.05) is 11.8 Å². The molecule has 0 amide bonds. The van der Waals surface area contributed by atoms with E-state index in [1.165, 1.54) is 0 Å². The van der Waals surface area contributed by atoms with Crippen LogP contribution in [0, 0.1) is 11.3 Å². The fourth-order valence-corrected chi connectivity index (χ4v) is 1.44. The van der Waals surface area contributed by atoms with Gasteiger partial charge in [-0.15, -0.1) is 11.6 Å². The van der Waals surface area contributed by atoms with E-state index in [1.54, 1.807) is 0 Å². The first-order valence-corrected chi connectivity index (χ1v) is 5.85. The molecule has 52 valence electrons. The van der Waals surface area contributed by atoms with Gasteiger partial charge in [-0.05, 0) is 0 Å². The largest absolute Gasteiger partial charge is 0.305 e. The molecule has 9 heavy (non-hydrogen) atoms. The molecule has 0 rings (SSSR count). The minimum atomic E-state index is -2.67. The lowest BCUT2D eigenvalue weighted by atomic mass is 10.6. The standard InChI is InChI=1S/C4H6Cl2NOP/c5-4-9(6,8)3-1-2-7/h1,3-4H2. The van der Waals surface area contributed by atoms with Crippen LogP contribution in [-0.4, -0.2) is 11.8 Å². The van der Waals surface area contributed by atoms with Crippen molar-refractivity contribution < 1.29 is 4.57 Å². The van der Waals surface area contributed by atoms with Crippen molar-refractivity contribution in [1.82, 2.24) is 0 Å². The molecule has 0 aliphatic rings. The SMILES string of the molecule is N#CCCP(=O)(Cl)CCl. The second-order valence-corrected chi connectivity index (χ2v) is 6.37. The van der Waals surface area contributed by atoms with Crippen molar-refractivity contribution in [3.63, 3.8) is 0 Å². The van der Waals surface area contributed by atoms with E-state index in [4.69, 9.17) is 28.1 Å². The predicted molar refractivity (Wildman–Crippen MR) is 39.3 cm³/mol. The molecule has 5 heteroatoms. The Bertz CT molecular complexity index is 164. The number of halogens is 2. The third-order valence-corrected chi connectivity index (χ3v) is 4.38. The van der Waals surface area contributed by atoms with Crippen LogP contribution in [0.5, 0.6) is 0 Å². The molecule has 0 N–H and O–H groups in total. The summed E-state index contributed by atoms with van der Waals surface area (Å²) in [4.78, 5) is 0. The summed E-state index contributed by atoms with van der Waals surface area (Å²) in [6, 6.07) is 1.84. The number of nitrogens with zero attached hydrogens (tertiary/aromatic N) is 1. The number of alkyl halides is 1. The van der Waals surface area contributed by atoms with Gasteiger partial charge < -0.3 is 4.57 Å². The number of rotatable bonds is 3. The molecule has 2 nitrogen and oxygen atoms in total. The molecule has 1 atom stereocenters. The highest BCUT2D eigenvalue weighted by Gasteiger charge is 2.14. The normalized spacial score (nSPS) is 16.1. The average Bonchev–Trinajstić information content (AvgIpc) is 1.84. The van der Waals surface area contributed by atoms with E-state index in [1.807, 2.05) is 6.07 Å². The second-order valence-electron chi connectivity index (χ2n) is 1.54. The molecular formula is C4H6Cl2NOP. The van der Waals surface area contributed by atoms with Crippen LogP contribution in [0.2, 0.25) is 0 Å².